The van der Waals surface area contributed by atoms with E-state index in [0.717, 1.165) is 0 Å². The maximum absolute atomic E-state index is 11.5. The second-order valence-electron chi connectivity index (χ2n) is 3.43. The van der Waals surface area contributed by atoms with Crippen molar-refractivity contribution in [3.63, 3.8) is 0 Å². The van der Waals surface area contributed by atoms with Gasteiger partial charge in [-0.05, 0) is 18.2 Å². The van der Waals surface area contributed by atoms with E-state index in [0.29, 0.717) is 11.5 Å². The zero-order chi connectivity index (χ0) is 11.5. The second-order valence-corrected chi connectivity index (χ2v) is 3.43. The molecule has 0 atom stereocenters. The highest BCUT2D eigenvalue weighted by Gasteiger charge is 2.10. The molecule has 0 unspecified atom stereocenters. The van der Waals surface area contributed by atoms with Gasteiger partial charge in [0.15, 0.2) is 11.5 Å². The van der Waals surface area contributed by atoms with Crippen LogP contribution in [0.5, 0.6) is 0 Å². The van der Waals surface area contributed by atoms with Gasteiger partial charge in [0.2, 0.25) is 0 Å². The highest BCUT2D eigenvalue weighted by Crippen LogP contribution is 2.03. The van der Waals surface area contributed by atoms with Crippen molar-refractivity contribution in [2.24, 2.45) is 0 Å². The number of hydrogen-bond acceptors (Lipinski definition) is 4. The Morgan fingerprint density at radius 1 is 1.31 bits per heavy atom. The van der Waals surface area contributed by atoms with Gasteiger partial charge in [-0.1, -0.05) is 0 Å². The van der Waals surface area contributed by atoms with Gasteiger partial charge < -0.3 is 4.90 Å². The van der Waals surface area contributed by atoms with E-state index in [1.54, 1.807) is 49.4 Å². The zero-order valence-corrected chi connectivity index (χ0v) is 9.03. The molecule has 2 aromatic rings. The molecule has 82 valence electrons. The van der Waals surface area contributed by atoms with Crippen molar-refractivity contribution in [2.45, 2.75) is 0 Å². The fraction of sp³-hybridized carbons (Fsp3) is 0.200. The molecule has 0 N–H and O–H groups in total. The van der Waals surface area contributed by atoms with E-state index >= 15 is 0 Å². The number of amides is 1. The van der Waals surface area contributed by atoms with Crippen LogP contribution in [-0.2, 0) is 0 Å². The van der Waals surface area contributed by atoms with Crippen LogP contribution in [0.25, 0.3) is 5.82 Å². The second kappa shape index (κ2) is 4.09. The van der Waals surface area contributed by atoms with Gasteiger partial charge in [0.25, 0.3) is 5.91 Å². The lowest BCUT2D eigenvalue weighted by molar-refractivity contribution is 0.0821. The monoisotopic (exact) mass is 217 g/mol. The fourth-order valence-electron chi connectivity index (χ4n) is 1.19. The standard InChI is InChI=1S/C10H11N5O/c1-14(2)10(16)8-4-5-9(13-12-8)15-7-3-6-11-15/h3-7H,1-2H3. The smallest absolute Gasteiger partial charge is 0.273 e. The highest BCUT2D eigenvalue weighted by molar-refractivity contribution is 5.91. The van der Waals surface area contributed by atoms with Crippen LogP contribution >= 0.6 is 0 Å². The molecule has 0 aliphatic rings. The predicted molar refractivity (Wildman–Crippen MR) is 57.2 cm³/mol. The van der Waals surface area contributed by atoms with Crippen molar-refractivity contribution in [3.05, 3.63) is 36.3 Å². The molecule has 0 aromatic carbocycles. The average molecular weight is 217 g/mol. The summed E-state index contributed by atoms with van der Waals surface area (Å²) in [5.41, 5.74) is 0.320. The third kappa shape index (κ3) is 1.90. The lowest BCUT2D eigenvalue weighted by Gasteiger charge is -2.08. The van der Waals surface area contributed by atoms with Crippen LogP contribution in [0.15, 0.2) is 30.6 Å². The molecule has 2 heterocycles. The third-order valence-electron chi connectivity index (χ3n) is 2.01. The van der Waals surface area contributed by atoms with Gasteiger partial charge >= 0.3 is 0 Å². The third-order valence-corrected chi connectivity index (χ3v) is 2.01. The first-order valence-corrected chi connectivity index (χ1v) is 4.74. The Balaban J connectivity index is 2.27. The van der Waals surface area contributed by atoms with Crippen LogP contribution in [0, 0.1) is 0 Å². The van der Waals surface area contributed by atoms with Gasteiger partial charge in [-0.3, -0.25) is 4.79 Å². The number of carbonyl (C=O) groups is 1. The van der Waals surface area contributed by atoms with Crippen molar-refractivity contribution >= 4 is 5.91 Å². The van der Waals surface area contributed by atoms with Gasteiger partial charge in [-0.15, -0.1) is 10.2 Å². The van der Waals surface area contributed by atoms with E-state index in [9.17, 15) is 4.79 Å². The molecule has 2 rings (SSSR count). The topological polar surface area (TPSA) is 63.9 Å². The Morgan fingerprint density at radius 3 is 2.62 bits per heavy atom. The van der Waals surface area contributed by atoms with Gasteiger partial charge in [0.05, 0.1) is 0 Å². The number of aromatic nitrogens is 4. The first kappa shape index (κ1) is 10.3. The van der Waals surface area contributed by atoms with E-state index in [4.69, 9.17) is 0 Å². The lowest BCUT2D eigenvalue weighted by atomic mass is 10.3. The van der Waals surface area contributed by atoms with E-state index in [-0.39, 0.29) is 5.91 Å². The molecule has 6 heteroatoms. The van der Waals surface area contributed by atoms with Crippen LogP contribution in [0.3, 0.4) is 0 Å². The number of rotatable bonds is 2. The summed E-state index contributed by atoms with van der Waals surface area (Å²) in [5.74, 6) is 0.417. The summed E-state index contributed by atoms with van der Waals surface area (Å²) in [6, 6.07) is 5.13. The molecule has 2 aromatic heterocycles. The minimum atomic E-state index is -0.167. The van der Waals surface area contributed by atoms with Crippen LogP contribution in [-0.4, -0.2) is 44.9 Å². The fourth-order valence-corrected chi connectivity index (χ4v) is 1.19. The summed E-state index contributed by atoms with van der Waals surface area (Å²) < 4.78 is 1.58. The Labute approximate surface area is 92.5 Å². The number of nitrogens with zero attached hydrogens (tertiary/aromatic N) is 5. The molecule has 1 amide bonds. The molecule has 0 aliphatic carbocycles. The summed E-state index contributed by atoms with van der Waals surface area (Å²) in [7, 11) is 3.34. The van der Waals surface area contributed by atoms with Gasteiger partial charge in [-0.2, -0.15) is 5.10 Å². The molecule has 0 fully saturated rings. The molecule has 0 saturated carbocycles. The van der Waals surface area contributed by atoms with Crippen molar-refractivity contribution in [1.82, 2.24) is 24.9 Å². The Kier molecular flexibility index (Phi) is 2.63. The minimum absolute atomic E-state index is 0.167. The highest BCUT2D eigenvalue weighted by atomic mass is 16.2. The first-order chi connectivity index (χ1) is 7.68. The van der Waals surface area contributed by atoms with Gasteiger partial charge in [-0.25, -0.2) is 4.68 Å². The molecular weight excluding hydrogens is 206 g/mol. The summed E-state index contributed by atoms with van der Waals surface area (Å²) in [6.07, 6.45) is 3.41. The quantitative estimate of drug-likeness (QED) is 0.728. The molecule has 0 spiro atoms. The van der Waals surface area contributed by atoms with Crippen molar-refractivity contribution < 1.29 is 4.79 Å². The van der Waals surface area contributed by atoms with E-state index in [1.165, 1.54) is 4.90 Å². The maximum Gasteiger partial charge on any atom is 0.273 e. The number of carbonyl (C=O) groups excluding carboxylic acids is 1. The van der Waals surface area contributed by atoms with Crippen molar-refractivity contribution in [1.29, 1.82) is 0 Å². The SMILES string of the molecule is CN(C)C(=O)c1ccc(-n2cccn2)nn1. The Bertz CT molecular complexity index is 474. The molecule has 6 nitrogen and oxygen atoms in total. The van der Waals surface area contributed by atoms with Crippen molar-refractivity contribution in [3.8, 4) is 5.82 Å². The van der Waals surface area contributed by atoms with E-state index in [1.807, 2.05) is 0 Å². The summed E-state index contributed by atoms with van der Waals surface area (Å²) >= 11 is 0. The predicted octanol–water partition coefficient (Wildman–Crippen LogP) is 0.364. The largest absolute Gasteiger partial charge is 0.343 e. The normalized spacial score (nSPS) is 10.1. The average Bonchev–Trinajstić information content (AvgIpc) is 2.81. The van der Waals surface area contributed by atoms with Crippen LogP contribution in [0.1, 0.15) is 10.5 Å². The maximum atomic E-state index is 11.5. The Morgan fingerprint density at radius 2 is 2.12 bits per heavy atom. The van der Waals surface area contributed by atoms with Gasteiger partial charge in [0.1, 0.15) is 0 Å². The molecular formula is C10H11N5O. The summed E-state index contributed by atoms with van der Waals surface area (Å²) in [4.78, 5) is 13.0. The lowest BCUT2D eigenvalue weighted by Crippen LogP contribution is -2.23. The van der Waals surface area contributed by atoms with Gasteiger partial charge in [0, 0.05) is 26.5 Å². The molecule has 0 radical (unpaired) electrons. The van der Waals surface area contributed by atoms with Crippen LogP contribution in [0.2, 0.25) is 0 Å². The molecule has 16 heavy (non-hydrogen) atoms. The first-order valence-electron chi connectivity index (χ1n) is 4.74. The summed E-state index contributed by atoms with van der Waals surface area (Å²) in [5, 5.41) is 11.8. The van der Waals surface area contributed by atoms with Crippen LogP contribution in [0.4, 0.5) is 0 Å². The number of hydrogen-bond donors (Lipinski definition) is 0. The zero-order valence-electron chi connectivity index (χ0n) is 9.03. The van der Waals surface area contributed by atoms with Crippen LogP contribution < -0.4 is 0 Å². The van der Waals surface area contributed by atoms with E-state index < -0.39 is 0 Å². The minimum Gasteiger partial charge on any atom is -0.343 e. The van der Waals surface area contributed by atoms with Crippen molar-refractivity contribution in [2.75, 3.05) is 14.1 Å². The summed E-state index contributed by atoms with van der Waals surface area (Å²) in [6.45, 7) is 0. The Hall–Kier alpha value is -2.24. The van der Waals surface area contributed by atoms with E-state index in [2.05, 4.69) is 15.3 Å². The molecule has 0 bridgehead atoms. The molecule has 0 aliphatic heterocycles. The molecule has 0 saturated heterocycles.